The fraction of sp³-hybridized carbons (Fsp3) is 0.273. The molecule has 0 atom stereocenters. The van der Waals surface area contributed by atoms with Crippen LogP contribution in [0.4, 0.5) is 11.4 Å². The molecule has 1 aliphatic heterocycles. The number of benzene rings is 1. The van der Waals surface area contributed by atoms with Gasteiger partial charge in [-0.1, -0.05) is 0 Å². The van der Waals surface area contributed by atoms with Crippen LogP contribution < -0.4 is 15.0 Å². The summed E-state index contributed by atoms with van der Waals surface area (Å²) in [5.41, 5.74) is 2.43. The van der Waals surface area contributed by atoms with Gasteiger partial charge < -0.3 is 24.3 Å². The molecule has 7 heteroatoms. The summed E-state index contributed by atoms with van der Waals surface area (Å²) in [6.45, 7) is 3.46. The first-order valence-corrected chi connectivity index (χ1v) is 9.63. The normalized spacial score (nSPS) is 14.0. The molecule has 3 heterocycles. The van der Waals surface area contributed by atoms with Gasteiger partial charge in [-0.05, 0) is 48.5 Å². The lowest BCUT2D eigenvalue weighted by Crippen LogP contribution is -2.49. The highest BCUT2D eigenvalue weighted by Crippen LogP contribution is 2.21. The van der Waals surface area contributed by atoms with E-state index in [-0.39, 0.29) is 5.91 Å². The van der Waals surface area contributed by atoms with Gasteiger partial charge >= 0.3 is 0 Å². The second-order valence-corrected chi connectivity index (χ2v) is 6.84. The van der Waals surface area contributed by atoms with Gasteiger partial charge in [0.2, 0.25) is 0 Å². The number of nitrogens with one attached hydrogen (secondary N) is 1. The first-order valence-electron chi connectivity index (χ1n) is 9.63. The number of ether oxygens (including phenoxy) is 1. The van der Waals surface area contributed by atoms with Crippen molar-refractivity contribution in [3.05, 3.63) is 72.4 Å². The SMILES string of the molecule is COc1ccc(N2CCN(C(=O)c3cc(NCc4ccco4)ccn3)CC2)cc1. The van der Waals surface area contributed by atoms with Crippen LogP contribution in [0.5, 0.6) is 5.75 Å². The van der Waals surface area contributed by atoms with Gasteiger partial charge in [-0.2, -0.15) is 0 Å². The Bertz CT molecular complexity index is 933. The Kier molecular flexibility index (Phi) is 5.65. The first kappa shape index (κ1) is 18.9. The van der Waals surface area contributed by atoms with E-state index in [1.54, 1.807) is 25.6 Å². The number of methoxy groups -OCH3 is 1. The average Bonchev–Trinajstić information content (AvgIpc) is 3.31. The van der Waals surface area contributed by atoms with E-state index in [2.05, 4.69) is 15.2 Å². The number of carbonyl (C=O) groups excluding carboxylic acids is 1. The van der Waals surface area contributed by atoms with E-state index < -0.39 is 0 Å². The zero-order valence-corrected chi connectivity index (χ0v) is 16.4. The Morgan fingerprint density at radius 2 is 1.93 bits per heavy atom. The smallest absolute Gasteiger partial charge is 0.272 e. The summed E-state index contributed by atoms with van der Waals surface area (Å²) in [4.78, 5) is 21.3. The number of pyridine rings is 1. The van der Waals surface area contributed by atoms with E-state index >= 15 is 0 Å². The molecule has 29 heavy (non-hydrogen) atoms. The molecule has 0 unspecified atom stereocenters. The Morgan fingerprint density at radius 3 is 2.62 bits per heavy atom. The summed E-state index contributed by atoms with van der Waals surface area (Å²) in [6.07, 6.45) is 3.30. The number of hydrogen-bond donors (Lipinski definition) is 1. The molecule has 1 saturated heterocycles. The van der Waals surface area contributed by atoms with Crippen molar-refractivity contribution in [2.75, 3.05) is 43.5 Å². The average molecular weight is 392 g/mol. The van der Waals surface area contributed by atoms with Gasteiger partial charge in [-0.25, -0.2) is 0 Å². The van der Waals surface area contributed by atoms with Crippen molar-refractivity contribution in [3.8, 4) is 5.75 Å². The van der Waals surface area contributed by atoms with Gasteiger partial charge in [-0.3, -0.25) is 9.78 Å². The molecule has 7 nitrogen and oxygen atoms in total. The van der Waals surface area contributed by atoms with Crippen LogP contribution in [0.25, 0.3) is 0 Å². The van der Waals surface area contributed by atoms with E-state index in [1.165, 1.54) is 0 Å². The molecule has 1 aliphatic rings. The molecule has 1 N–H and O–H groups in total. The minimum atomic E-state index is -0.0407. The maximum Gasteiger partial charge on any atom is 0.272 e. The van der Waals surface area contributed by atoms with Gasteiger partial charge in [0.05, 0.1) is 19.9 Å². The molecule has 1 aromatic carbocycles. The molecule has 4 rings (SSSR count). The number of carbonyl (C=O) groups is 1. The van der Waals surface area contributed by atoms with E-state index in [9.17, 15) is 4.79 Å². The van der Waals surface area contributed by atoms with Crippen molar-refractivity contribution >= 4 is 17.3 Å². The van der Waals surface area contributed by atoms with Crippen molar-refractivity contribution in [2.45, 2.75) is 6.54 Å². The predicted octanol–water partition coefficient (Wildman–Crippen LogP) is 3.26. The highest BCUT2D eigenvalue weighted by Gasteiger charge is 2.23. The molecule has 1 fully saturated rings. The van der Waals surface area contributed by atoms with Gasteiger partial charge in [0.15, 0.2) is 0 Å². The van der Waals surface area contributed by atoms with Crippen molar-refractivity contribution in [3.63, 3.8) is 0 Å². The number of piperazine rings is 1. The standard InChI is InChI=1S/C22H24N4O3/c1-28-19-6-4-18(5-7-19)25-10-12-26(13-11-25)22(27)21-15-17(8-9-23-21)24-16-20-3-2-14-29-20/h2-9,14-15H,10-13,16H2,1H3,(H,23,24). The zero-order chi connectivity index (χ0) is 20.1. The Balaban J connectivity index is 1.34. The Hall–Kier alpha value is -3.48. The monoisotopic (exact) mass is 392 g/mol. The Morgan fingerprint density at radius 1 is 1.14 bits per heavy atom. The molecule has 3 aromatic rings. The molecule has 2 aromatic heterocycles. The predicted molar refractivity (Wildman–Crippen MR) is 111 cm³/mol. The molecule has 0 radical (unpaired) electrons. The fourth-order valence-electron chi connectivity index (χ4n) is 3.38. The molecule has 0 aliphatic carbocycles. The highest BCUT2D eigenvalue weighted by atomic mass is 16.5. The van der Waals surface area contributed by atoms with Crippen molar-refractivity contribution in [1.29, 1.82) is 0 Å². The first-order chi connectivity index (χ1) is 14.2. The number of aromatic nitrogens is 1. The summed E-state index contributed by atoms with van der Waals surface area (Å²) < 4.78 is 10.5. The van der Waals surface area contributed by atoms with E-state index in [4.69, 9.17) is 9.15 Å². The largest absolute Gasteiger partial charge is 0.497 e. The van der Waals surface area contributed by atoms with Crippen LogP contribution in [0.3, 0.4) is 0 Å². The summed E-state index contributed by atoms with van der Waals surface area (Å²) in [7, 11) is 1.66. The third kappa shape index (κ3) is 4.51. The number of rotatable bonds is 6. The zero-order valence-electron chi connectivity index (χ0n) is 16.4. The molecular weight excluding hydrogens is 368 g/mol. The molecular formula is C22H24N4O3. The molecule has 0 bridgehead atoms. The van der Waals surface area contributed by atoms with E-state index in [0.717, 1.165) is 36.0 Å². The van der Waals surface area contributed by atoms with Gasteiger partial charge in [-0.15, -0.1) is 0 Å². The van der Waals surface area contributed by atoms with Crippen molar-refractivity contribution in [1.82, 2.24) is 9.88 Å². The van der Waals surface area contributed by atoms with Crippen molar-refractivity contribution < 1.29 is 13.9 Å². The highest BCUT2D eigenvalue weighted by molar-refractivity contribution is 5.93. The third-order valence-electron chi connectivity index (χ3n) is 5.03. The van der Waals surface area contributed by atoms with E-state index in [1.807, 2.05) is 47.4 Å². The summed E-state index contributed by atoms with van der Waals surface area (Å²) in [5.74, 6) is 1.64. The number of amides is 1. The Labute approximate surface area is 169 Å². The van der Waals surface area contributed by atoms with Gasteiger partial charge in [0.1, 0.15) is 17.2 Å². The lowest BCUT2D eigenvalue weighted by molar-refractivity contribution is 0.0741. The quantitative estimate of drug-likeness (QED) is 0.694. The molecule has 1 amide bonds. The topological polar surface area (TPSA) is 70.8 Å². The van der Waals surface area contributed by atoms with Crippen LogP contribution in [0.15, 0.2) is 65.4 Å². The summed E-state index contributed by atoms with van der Waals surface area (Å²) >= 11 is 0. The van der Waals surface area contributed by atoms with Gasteiger partial charge in [0.25, 0.3) is 5.91 Å². The van der Waals surface area contributed by atoms with Crippen LogP contribution in [-0.2, 0) is 6.54 Å². The number of hydrogen-bond acceptors (Lipinski definition) is 6. The maximum atomic E-state index is 12.9. The fourth-order valence-corrected chi connectivity index (χ4v) is 3.38. The van der Waals surface area contributed by atoms with Crippen LogP contribution in [-0.4, -0.2) is 49.1 Å². The van der Waals surface area contributed by atoms with Crippen LogP contribution in [0.2, 0.25) is 0 Å². The van der Waals surface area contributed by atoms with Gasteiger partial charge in [0, 0.05) is 43.8 Å². The summed E-state index contributed by atoms with van der Waals surface area (Å²) in [5, 5.41) is 3.26. The molecule has 0 spiro atoms. The van der Waals surface area contributed by atoms with Crippen LogP contribution in [0.1, 0.15) is 16.2 Å². The maximum absolute atomic E-state index is 12.9. The number of nitrogens with zero attached hydrogens (tertiary/aromatic N) is 3. The van der Waals surface area contributed by atoms with Crippen molar-refractivity contribution in [2.24, 2.45) is 0 Å². The number of anilines is 2. The lowest BCUT2D eigenvalue weighted by atomic mass is 10.2. The van der Waals surface area contributed by atoms with Crippen LogP contribution in [0, 0.1) is 0 Å². The molecule has 0 saturated carbocycles. The second kappa shape index (κ2) is 8.68. The van der Waals surface area contributed by atoms with E-state index in [0.29, 0.717) is 25.3 Å². The number of furan rings is 1. The minimum Gasteiger partial charge on any atom is -0.497 e. The third-order valence-corrected chi connectivity index (χ3v) is 5.03. The lowest BCUT2D eigenvalue weighted by Gasteiger charge is -2.36. The van der Waals surface area contributed by atoms with Crippen LogP contribution >= 0.6 is 0 Å². The minimum absolute atomic E-state index is 0.0407. The second-order valence-electron chi connectivity index (χ2n) is 6.84. The summed E-state index contributed by atoms with van der Waals surface area (Å²) in [6, 6.07) is 15.4. The molecule has 150 valence electrons.